The highest BCUT2D eigenvalue weighted by Gasteiger charge is 2.45. The normalized spacial score (nSPS) is 25.2. The fourth-order valence-corrected chi connectivity index (χ4v) is 3.13. The Morgan fingerprint density at radius 1 is 0.583 bits per heavy atom. The van der Waals surface area contributed by atoms with Crippen LogP contribution >= 0.6 is 0 Å². The molecule has 24 heavy (non-hydrogen) atoms. The van der Waals surface area contributed by atoms with Crippen molar-refractivity contribution in [2.45, 2.75) is 60.0 Å². The van der Waals surface area contributed by atoms with E-state index in [1.54, 1.807) is 74.5 Å². The molecule has 1 fully saturated rings. The van der Waals surface area contributed by atoms with Crippen LogP contribution in [0.1, 0.15) is 41.5 Å². The van der Waals surface area contributed by atoms with Crippen molar-refractivity contribution in [3.8, 4) is 0 Å². The van der Waals surface area contributed by atoms with Gasteiger partial charge >= 0.3 is 0 Å². The molecule has 1 aliphatic rings. The first-order valence-corrected chi connectivity index (χ1v) is 8.16. The van der Waals surface area contributed by atoms with Crippen LogP contribution in [0.25, 0.3) is 0 Å². The topological polar surface area (TPSA) is 60.9 Å². The lowest BCUT2D eigenvalue weighted by atomic mass is 10.1. The maximum atomic E-state index is 12.5. The van der Waals surface area contributed by atoms with Gasteiger partial charge in [0.05, 0.1) is 0 Å². The Kier molecular flexibility index (Phi) is 6.95. The Balaban J connectivity index is 3.38. The van der Waals surface area contributed by atoms with Crippen molar-refractivity contribution in [2.75, 3.05) is 0 Å². The third-order valence-electron chi connectivity index (χ3n) is 4.11. The molecule has 0 saturated carbocycles. The molecule has 0 aromatic rings. The first-order valence-electron chi connectivity index (χ1n) is 8.16. The molecule has 0 aromatic heterocycles. The number of nitrogens with zero attached hydrogens (tertiary/aromatic N) is 3. The van der Waals surface area contributed by atoms with E-state index in [1.165, 1.54) is 18.2 Å². The third kappa shape index (κ3) is 3.75. The summed E-state index contributed by atoms with van der Waals surface area (Å²) in [7, 11) is 0. The molecule has 0 N–H and O–H groups in total. The minimum Gasteiger partial charge on any atom is -0.298 e. The van der Waals surface area contributed by atoms with E-state index in [2.05, 4.69) is 0 Å². The van der Waals surface area contributed by atoms with Gasteiger partial charge < -0.3 is 0 Å². The van der Waals surface area contributed by atoms with Crippen molar-refractivity contribution in [3.63, 3.8) is 0 Å². The highest BCUT2D eigenvalue weighted by molar-refractivity contribution is 5.93. The SMILES string of the molecule is CC=CC(=O)N1C(C)N(C(=O)C=CC)C(C)N(C(=O)C=CC)C1C. The number of hydrogen-bond donors (Lipinski definition) is 0. The van der Waals surface area contributed by atoms with Gasteiger partial charge in [-0.3, -0.25) is 29.1 Å². The van der Waals surface area contributed by atoms with Gasteiger partial charge in [-0.15, -0.1) is 0 Å². The third-order valence-corrected chi connectivity index (χ3v) is 4.11. The fraction of sp³-hybridized carbons (Fsp3) is 0.500. The second-order valence-electron chi connectivity index (χ2n) is 5.63. The molecule has 0 unspecified atom stereocenters. The van der Waals surface area contributed by atoms with Crippen molar-refractivity contribution in [1.82, 2.24) is 14.7 Å². The van der Waals surface area contributed by atoms with Crippen LogP contribution in [-0.4, -0.2) is 50.9 Å². The minimum atomic E-state index is -0.461. The number of amides is 3. The van der Waals surface area contributed by atoms with Crippen molar-refractivity contribution in [1.29, 1.82) is 0 Å². The van der Waals surface area contributed by atoms with Gasteiger partial charge in [0, 0.05) is 0 Å². The quantitative estimate of drug-likeness (QED) is 0.744. The average Bonchev–Trinajstić information content (AvgIpc) is 2.47. The van der Waals surface area contributed by atoms with Crippen LogP contribution in [0.15, 0.2) is 36.5 Å². The maximum Gasteiger partial charge on any atom is 0.249 e. The van der Waals surface area contributed by atoms with Gasteiger partial charge in [0.15, 0.2) is 0 Å². The Labute approximate surface area is 144 Å². The van der Waals surface area contributed by atoms with E-state index >= 15 is 0 Å². The van der Waals surface area contributed by atoms with Gasteiger partial charge in [-0.25, -0.2) is 0 Å². The second-order valence-corrected chi connectivity index (χ2v) is 5.63. The molecule has 0 aromatic carbocycles. The van der Waals surface area contributed by atoms with Crippen LogP contribution in [0.2, 0.25) is 0 Å². The van der Waals surface area contributed by atoms with E-state index in [-0.39, 0.29) is 17.7 Å². The molecule has 3 amide bonds. The van der Waals surface area contributed by atoms with E-state index < -0.39 is 18.5 Å². The predicted octanol–water partition coefficient (Wildman–Crippen LogP) is 2.25. The highest BCUT2D eigenvalue weighted by atomic mass is 16.2. The molecule has 1 saturated heterocycles. The zero-order valence-corrected chi connectivity index (χ0v) is 15.3. The smallest absolute Gasteiger partial charge is 0.249 e. The van der Waals surface area contributed by atoms with Crippen molar-refractivity contribution < 1.29 is 14.4 Å². The summed E-state index contributed by atoms with van der Waals surface area (Å²) < 4.78 is 0. The molecule has 0 bridgehead atoms. The predicted molar refractivity (Wildman–Crippen MR) is 93.4 cm³/mol. The molecule has 0 aliphatic carbocycles. The zero-order valence-electron chi connectivity index (χ0n) is 15.3. The largest absolute Gasteiger partial charge is 0.298 e. The summed E-state index contributed by atoms with van der Waals surface area (Å²) in [4.78, 5) is 42.1. The van der Waals surface area contributed by atoms with E-state index in [4.69, 9.17) is 0 Å². The number of carbonyl (C=O) groups is 3. The molecule has 0 atom stereocenters. The summed E-state index contributed by atoms with van der Waals surface area (Å²) in [6.07, 6.45) is 7.90. The molecule has 1 rings (SSSR count). The molecule has 6 heteroatoms. The molecule has 0 radical (unpaired) electrons. The lowest BCUT2D eigenvalue weighted by Gasteiger charge is -2.54. The Bertz CT molecular complexity index is 487. The van der Waals surface area contributed by atoms with Crippen LogP contribution in [0.5, 0.6) is 0 Å². The monoisotopic (exact) mass is 333 g/mol. The molecule has 6 nitrogen and oxygen atoms in total. The fourth-order valence-electron chi connectivity index (χ4n) is 3.13. The summed E-state index contributed by atoms with van der Waals surface area (Å²) in [6.45, 7) is 10.7. The molecule has 132 valence electrons. The first-order chi connectivity index (χ1) is 11.3. The zero-order chi connectivity index (χ0) is 18.4. The van der Waals surface area contributed by atoms with Gasteiger partial charge in [0.1, 0.15) is 18.5 Å². The molecular weight excluding hydrogens is 306 g/mol. The lowest BCUT2D eigenvalue weighted by molar-refractivity contribution is -0.183. The number of carbonyl (C=O) groups excluding carboxylic acids is 3. The van der Waals surface area contributed by atoms with Crippen LogP contribution in [0, 0.1) is 0 Å². The van der Waals surface area contributed by atoms with E-state index in [0.29, 0.717) is 0 Å². The van der Waals surface area contributed by atoms with E-state index in [0.717, 1.165) is 0 Å². The van der Waals surface area contributed by atoms with Crippen LogP contribution in [-0.2, 0) is 14.4 Å². The summed E-state index contributed by atoms with van der Waals surface area (Å²) in [5.74, 6) is -0.706. The molecule has 0 spiro atoms. The van der Waals surface area contributed by atoms with Crippen molar-refractivity contribution in [3.05, 3.63) is 36.5 Å². The number of allylic oxidation sites excluding steroid dienone is 3. The minimum absolute atomic E-state index is 0.235. The highest BCUT2D eigenvalue weighted by Crippen LogP contribution is 2.27. The Hall–Kier alpha value is -2.37. The number of hydrogen-bond acceptors (Lipinski definition) is 3. The molecular formula is C18H27N3O3. The van der Waals surface area contributed by atoms with Gasteiger partial charge in [0.2, 0.25) is 17.7 Å². The molecule has 1 heterocycles. The van der Waals surface area contributed by atoms with Crippen LogP contribution < -0.4 is 0 Å². The van der Waals surface area contributed by atoms with E-state index in [9.17, 15) is 14.4 Å². The van der Waals surface area contributed by atoms with Gasteiger partial charge in [-0.2, -0.15) is 0 Å². The van der Waals surface area contributed by atoms with Gasteiger partial charge in [-0.05, 0) is 59.8 Å². The summed E-state index contributed by atoms with van der Waals surface area (Å²) in [6, 6.07) is 0. The summed E-state index contributed by atoms with van der Waals surface area (Å²) in [5.41, 5.74) is 0. The lowest BCUT2D eigenvalue weighted by Crippen LogP contribution is -2.71. The summed E-state index contributed by atoms with van der Waals surface area (Å²) >= 11 is 0. The maximum absolute atomic E-state index is 12.5. The standard InChI is InChI=1S/C18H27N3O3/c1-7-10-16(22)19-13(4)20(17(23)11-8-2)15(6)21(14(19)5)18(24)12-9-3/h7-15H,1-6H3. The van der Waals surface area contributed by atoms with Crippen LogP contribution in [0.3, 0.4) is 0 Å². The van der Waals surface area contributed by atoms with E-state index in [1.807, 2.05) is 0 Å². The van der Waals surface area contributed by atoms with Gasteiger partial charge in [0.25, 0.3) is 0 Å². The Morgan fingerprint density at radius 3 is 0.958 bits per heavy atom. The first kappa shape index (κ1) is 19.7. The summed E-state index contributed by atoms with van der Waals surface area (Å²) in [5, 5.41) is 0. The Morgan fingerprint density at radius 2 is 0.792 bits per heavy atom. The average molecular weight is 333 g/mol. The van der Waals surface area contributed by atoms with Gasteiger partial charge in [-0.1, -0.05) is 18.2 Å². The second kappa shape index (κ2) is 8.47. The number of rotatable bonds is 3. The molecule has 1 aliphatic heterocycles. The van der Waals surface area contributed by atoms with Crippen LogP contribution in [0.4, 0.5) is 0 Å². The van der Waals surface area contributed by atoms with Crippen molar-refractivity contribution >= 4 is 17.7 Å². The van der Waals surface area contributed by atoms with Crippen molar-refractivity contribution in [2.24, 2.45) is 0 Å².